The van der Waals surface area contributed by atoms with Gasteiger partial charge in [0.15, 0.2) is 0 Å². The van der Waals surface area contributed by atoms with Crippen molar-refractivity contribution >= 4 is 17.3 Å². The van der Waals surface area contributed by atoms with E-state index < -0.39 is 4.92 Å². The summed E-state index contributed by atoms with van der Waals surface area (Å²) in [4.78, 5) is 10.2. The molecule has 1 unspecified atom stereocenters. The fourth-order valence-corrected chi connectivity index (χ4v) is 1.75. The van der Waals surface area contributed by atoms with Crippen LogP contribution in [0.25, 0.3) is 0 Å². The number of nitrogens with one attached hydrogen (secondary N) is 1. The van der Waals surface area contributed by atoms with Gasteiger partial charge in [-0.2, -0.15) is 0 Å². The zero-order valence-electron chi connectivity index (χ0n) is 10.4. The molecule has 2 N–H and O–H groups in total. The molecule has 1 atom stereocenters. The van der Waals surface area contributed by atoms with Crippen LogP contribution in [0.1, 0.15) is 19.4 Å². The summed E-state index contributed by atoms with van der Waals surface area (Å²) in [6, 6.07) is 4.28. The van der Waals surface area contributed by atoms with Crippen molar-refractivity contribution < 1.29 is 10.0 Å². The van der Waals surface area contributed by atoms with Crippen LogP contribution in [0.5, 0.6) is 0 Å². The van der Waals surface area contributed by atoms with E-state index in [9.17, 15) is 15.2 Å². The standard InChI is InChI=1S/C12H17ClN2O3/c1-8(2)12(7-16)14-6-9-5-10(15(17)18)3-4-11(9)13/h3-5,8,12,14,16H,6-7H2,1-2H3. The summed E-state index contributed by atoms with van der Waals surface area (Å²) in [5.74, 6) is 0.271. The third-order valence-electron chi connectivity index (χ3n) is 2.80. The van der Waals surface area contributed by atoms with Gasteiger partial charge in [-0.3, -0.25) is 10.1 Å². The van der Waals surface area contributed by atoms with E-state index in [4.69, 9.17) is 11.6 Å². The Kier molecular flexibility index (Phi) is 5.53. The Morgan fingerprint density at radius 1 is 1.50 bits per heavy atom. The second kappa shape index (κ2) is 6.68. The van der Waals surface area contributed by atoms with Gasteiger partial charge in [-0.15, -0.1) is 0 Å². The Balaban J connectivity index is 2.77. The summed E-state index contributed by atoms with van der Waals surface area (Å²) in [6.45, 7) is 4.39. The summed E-state index contributed by atoms with van der Waals surface area (Å²) in [5.41, 5.74) is 0.672. The molecule has 0 saturated carbocycles. The summed E-state index contributed by atoms with van der Waals surface area (Å²) >= 11 is 5.98. The lowest BCUT2D eigenvalue weighted by Gasteiger charge is -2.20. The van der Waals surface area contributed by atoms with Crippen LogP contribution in [0, 0.1) is 16.0 Å². The van der Waals surface area contributed by atoms with Gasteiger partial charge in [0.2, 0.25) is 0 Å². The number of non-ortho nitro benzene ring substituents is 1. The van der Waals surface area contributed by atoms with Crippen LogP contribution in [-0.2, 0) is 6.54 Å². The summed E-state index contributed by atoms with van der Waals surface area (Å²) < 4.78 is 0. The number of aliphatic hydroxyl groups is 1. The van der Waals surface area contributed by atoms with Crippen molar-refractivity contribution in [1.82, 2.24) is 5.32 Å². The molecular weight excluding hydrogens is 256 g/mol. The van der Waals surface area contributed by atoms with Crippen molar-refractivity contribution in [2.45, 2.75) is 26.4 Å². The minimum absolute atomic E-state index is 0.0151. The van der Waals surface area contributed by atoms with Crippen LogP contribution in [0.2, 0.25) is 5.02 Å². The molecule has 0 spiro atoms. The highest BCUT2D eigenvalue weighted by Crippen LogP contribution is 2.22. The minimum Gasteiger partial charge on any atom is -0.395 e. The predicted molar refractivity (Wildman–Crippen MR) is 70.7 cm³/mol. The van der Waals surface area contributed by atoms with Crippen molar-refractivity contribution in [2.24, 2.45) is 5.92 Å². The molecule has 0 heterocycles. The highest BCUT2D eigenvalue weighted by Gasteiger charge is 2.14. The monoisotopic (exact) mass is 272 g/mol. The van der Waals surface area contributed by atoms with Crippen molar-refractivity contribution in [3.05, 3.63) is 38.9 Å². The van der Waals surface area contributed by atoms with E-state index >= 15 is 0 Å². The Morgan fingerprint density at radius 3 is 2.67 bits per heavy atom. The van der Waals surface area contributed by atoms with E-state index in [0.717, 1.165) is 0 Å². The minimum atomic E-state index is -0.453. The summed E-state index contributed by atoms with van der Waals surface area (Å²) in [5, 5.41) is 23.5. The van der Waals surface area contributed by atoms with Gasteiger partial charge in [0.05, 0.1) is 11.5 Å². The van der Waals surface area contributed by atoms with Crippen LogP contribution in [0.3, 0.4) is 0 Å². The van der Waals surface area contributed by atoms with Gasteiger partial charge in [0, 0.05) is 29.7 Å². The molecule has 0 radical (unpaired) electrons. The Morgan fingerprint density at radius 2 is 2.17 bits per heavy atom. The van der Waals surface area contributed by atoms with Gasteiger partial charge in [0.25, 0.3) is 5.69 Å². The third-order valence-corrected chi connectivity index (χ3v) is 3.16. The lowest BCUT2D eigenvalue weighted by molar-refractivity contribution is -0.384. The van der Waals surface area contributed by atoms with E-state index in [-0.39, 0.29) is 24.3 Å². The van der Waals surface area contributed by atoms with Crippen LogP contribution < -0.4 is 5.32 Å². The molecule has 0 aliphatic rings. The quantitative estimate of drug-likeness (QED) is 0.616. The van der Waals surface area contributed by atoms with E-state index in [1.807, 2.05) is 13.8 Å². The van der Waals surface area contributed by atoms with Crippen molar-refractivity contribution in [3.8, 4) is 0 Å². The molecule has 18 heavy (non-hydrogen) atoms. The smallest absolute Gasteiger partial charge is 0.269 e. The fourth-order valence-electron chi connectivity index (χ4n) is 1.56. The maximum Gasteiger partial charge on any atom is 0.269 e. The lowest BCUT2D eigenvalue weighted by atomic mass is 10.0. The maximum atomic E-state index is 10.7. The second-order valence-electron chi connectivity index (χ2n) is 4.45. The van der Waals surface area contributed by atoms with Crippen LogP contribution in [0.4, 0.5) is 5.69 Å². The van der Waals surface area contributed by atoms with Crippen molar-refractivity contribution in [2.75, 3.05) is 6.61 Å². The lowest BCUT2D eigenvalue weighted by Crippen LogP contribution is -2.36. The number of benzene rings is 1. The van der Waals surface area contributed by atoms with Crippen molar-refractivity contribution in [1.29, 1.82) is 0 Å². The first-order chi connectivity index (χ1) is 8.45. The number of aliphatic hydroxyl groups excluding tert-OH is 1. The first-order valence-electron chi connectivity index (χ1n) is 5.72. The molecule has 0 amide bonds. The van der Waals surface area contributed by atoms with E-state index in [1.54, 1.807) is 0 Å². The molecule has 1 rings (SSSR count). The maximum absolute atomic E-state index is 10.7. The summed E-state index contributed by atoms with van der Waals surface area (Å²) in [6.07, 6.45) is 0. The number of nitro benzene ring substituents is 1. The number of nitrogens with zero attached hydrogens (tertiary/aromatic N) is 1. The zero-order valence-corrected chi connectivity index (χ0v) is 11.1. The van der Waals surface area contributed by atoms with Gasteiger partial charge in [0.1, 0.15) is 0 Å². The molecule has 5 nitrogen and oxygen atoms in total. The van der Waals surface area contributed by atoms with Crippen LogP contribution in [0.15, 0.2) is 18.2 Å². The third kappa shape index (κ3) is 3.94. The van der Waals surface area contributed by atoms with E-state index in [0.29, 0.717) is 17.1 Å². The van der Waals surface area contributed by atoms with Gasteiger partial charge in [-0.25, -0.2) is 0 Å². The van der Waals surface area contributed by atoms with E-state index in [2.05, 4.69) is 5.32 Å². The first kappa shape index (κ1) is 14.9. The first-order valence-corrected chi connectivity index (χ1v) is 6.10. The van der Waals surface area contributed by atoms with Crippen LogP contribution in [-0.4, -0.2) is 22.7 Å². The zero-order chi connectivity index (χ0) is 13.7. The molecule has 0 aliphatic carbocycles. The molecule has 0 saturated heterocycles. The van der Waals surface area contributed by atoms with E-state index in [1.165, 1.54) is 18.2 Å². The second-order valence-corrected chi connectivity index (χ2v) is 4.85. The van der Waals surface area contributed by atoms with Gasteiger partial charge in [-0.05, 0) is 17.5 Å². The van der Waals surface area contributed by atoms with Crippen LogP contribution >= 0.6 is 11.6 Å². The number of hydrogen-bond acceptors (Lipinski definition) is 4. The number of rotatable bonds is 6. The highest BCUT2D eigenvalue weighted by molar-refractivity contribution is 6.31. The topological polar surface area (TPSA) is 75.4 Å². The number of nitro groups is 1. The van der Waals surface area contributed by atoms with Gasteiger partial charge >= 0.3 is 0 Å². The molecule has 0 bridgehead atoms. The van der Waals surface area contributed by atoms with Gasteiger partial charge in [-0.1, -0.05) is 25.4 Å². The Labute approximate surface area is 111 Å². The van der Waals surface area contributed by atoms with Crippen molar-refractivity contribution in [3.63, 3.8) is 0 Å². The molecule has 1 aromatic carbocycles. The Bertz CT molecular complexity index is 424. The summed E-state index contributed by atoms with van der Waals surface area (Å²) in [7, 11) is 0. The SMILES string of the molecule is CC(C)C(CO)NCc1cc([N+](=O)[O-])ccc1Cl. The average Bonchev–Trinajstić information content (AvgIpc) is 2.31. The average molecular weight is 273 g/mol. The number of halogens is 1. The fraction of sp³-hybridized carbons (Fsp3) is 0.500. The molecular formula is C12H17ClN2O3. The Hall–Kier alpha value is -1.17. The molecule has 0 aliphatic heterocycles. The predicted octanol–water partition coefficient (Wildman–Crippen LogP) is 2.35. The molecule has 100 valence electrons. The van der Waals surface area contributed by atoms with Gasteiger partial charge < -0.3 is 10.4 Å². The highest BCUT2D eigenvalue weighted by atomic mass is 35.5. The molecule has 1 aromatic rings. The molecule has 6 heteroatoms. The largest absolute Gasteiger partial charge is 0.395 e. The molecule has 0 fully saturated rings. The number of hydrogen-bond donors (Lipinski definition) is 2. The molecule has 0 aromatic heterocycles. The normalized spacial score (nSPS) is 12.7.